The minimum atomic E-state index is -0.381. The van der Waals surface area contributed by atoms with Crippen molar-refractivity contribution in [2.75, 3.05) is 55.7 Å². The molecule has 8 aromatic heterocycles. The lowest BCUT2D eigenvalue weighted by Crippen LogP contribution is -2.31. The predicted octanol–water partition coefficient (Wildman–Crippen LogP) is 5.35. The molecule has 0 atom stereocenters. The van der Waals surface area contributed by atoms with Gasteiger partial charge in [0, 0.05) is 130 Å². The zero-order valence-electron chi connectivity index (χ0n) is 44.8. The van der Waals surface area contributed by atoms with Gasteiger partial charge in [-0.15, -0.1) is 0 Å². The van der Waals surface area contributed by atoms with Crippen LogP contribution in [-0.2, 0) is 35.8 Å². The van der Waals surface area contributed by atoms with Gasteiger partial charge in [-0.3, -0.25) is 62.7 Å². The Balaban J connectivity index is 0.000000162. The molecule has 1 aromatic carbocycles. The van der Waals surface area contributed by atoms with Crippen LogP contribution in [0.1, 0.15) is 34.6 Å². The summed E-state index contributed by atoms with van der Waals surface area (Å²) in [6.45, 7) is 7.42. The molecule has 9 aromatic rings. The Morgan fingerprint density at radius 3 is 1.73 bits per heavy atom. The largest absolute Gasteiger partial charge is 0.354 e. The van der Waals surface area contributed by atoms with Crippen LogP contribution in [0, 0.1) is 0 Å². The number of imidazole rings is 1. The molecule has 0 saturated heterocycles. The highest BCUT2D eigenvalue weighted by Crippen LogP contribution is 2.22. The molecule has 23 nitrogen and oxygen atoms in total. The molecule has 4 amide bonds. The third-order valence-corrected chi connectivity index (χ3v) is 13.0. The summed E-state index contributed by atoms with van der Waals surface area (Å²) in [6, 6.07) is 20.0. The Morgan fingerprint density at radius 1 is 0.562 bits per heavy atom. The van der Waals surface area contributed by atoms with Crippen molar-refractivity contribution in [1.29, 1.82) is 0 Å². The van der Waals surface area contributed by atoms with E-state index >= 15 is 0 Å². The lowest BCUT2D eigenvalue weighted by molar-refractivity contribution is -0.119. The Labute approximate surface area is 473 Å². The number of thioether (sulfide) groups is 3. The second-order valence-corrected chi connectivity index (χ2v) is 19.9. The molecule has 0 unspecified atom stereocenters. The van der Waals surface area contributed by atoms with Gasteiger partial charge in [0.15, 0.2) is 11.5 Å². The van der Waals surface area contributed by atoms with E-state index < -0.39 is 0 Å². The van der Waals surface area contributed by atoms with Gasteiger partial charge in [0.25, 0.3) is 17.4 Å². The summed E-state index contributed by atoms with van der Waals surface area (Å²) in [5, 5.41) is 14.1. The molecular weight excluding hydrogens is 1080 g/mol. The molecule has 0 saturated carbocycles. The summed E-state index contributed by atoms with van der Waals surface area (Å²) in [4.78, 5) is 101. The second kappa shape index (κ2) is 32.3. The fraction of sp³-hybridized carbons (Fsp3) is 0.278. The van der Waals surface area contributed by atoms with Crippen molar-refractivity contribution in [1.82, 2.24) is 84.1 Å². The molecule has 0 spiro atoms. The lowest BCUT2D eigenvalue weighted by Gasteiger charge is -2.11. The number of imide groups is 1. The van der Waals surface area contributed by atoms with Gasteiger partial charge < -0.3 is 15.2 Å². The normalized spacial score (nSPS) is 11.2. The maximum Gasteiger partial charge on any atom is 0.328 e. The van der Waals surface area contributed by atoms with Gasteiger partial charge in [0.1, 0.15) is 18.2 Å². The SMILES string of the molecule is CC(=O)NCCn1ccc(-c2cccnc2)n1.CC(=O)NCCn1cnc(-c2cccnc2)n1.CSCCN1C(=O)c2ccccc2C1=O.CSCCn1cc(-c2cccnc2)c(=O)[nH]c1=O.CSCCn1cnc2cncnc21. The Bertz CT molecular complexity index is 3370. The van der Waals surface area contributed by atoms with Gasteiger partial charge in [0.2, 0.25) is 11.8 Å². The summed E-state index contributed by atoms with van der Waals surface area (Å²) in [5.74, 6) is 2.93. The average Bonchev–Trinajstić information content (AvgIpc) is 4.32. The molecule has 1 aliphatic heterocycles. The van der Waals surface area contributed by atoms with Crippen molar-refractivity contribution < 1.29 is 19.2 Å². The molecule has 9 heterocycles. The van der Waals surface area contributed by atoms with Crippen LogP contribution in [-0.4, -0.2) is 153 Å². The highest BCUT2D eigenvalue weighted by molar-refractivity contribution is 7.99. The smallest absolute Gasteiger partial charge is 0.328 e. The van der Waals surface area contributed by atoms with Crippen LogP contribution in [0.2, 0.25) is 0 Å². The first-order valence-corrected chi connectivity index (χ1v) is 29.1. The van der Waals surface area contributed by atoms with Crippen LogP contribution in [0.5, 0.6) is 0 Å². The Morgan fingerprint density at radius 2 is 1.14 bits per heavy atom. The number of carbonyl (C=O) groups excluding carboxylic acids is 4. The molecule has 0 aliphatic carbocycles. The number of fused-ring (bicyclic) bond motifs is 2. The summed E-state index contributed by atoms with van der Waals surface area (Å²) < 4.78 is 7.06. The number of nitrogens with one attached hydrogen (secondary N) is 3. The molecule has 416 valence electrons. The maximum absolute atomic E-state index is 11.8. The number of aromatic amines is 1. The van der Waals surface area contributed by atoms with E-state index in [0.29, 0.717) is 67.3 Å². The van der Waals surface area contributed by atoms with Gasteiger partial charge in [-0.2, -0.15) is 45.5 Å². The van der Waals surface area contributed by atoms with Crippen molar-refractivity contribution in [2.45, 2.75) is 40.0 Å². The molecule has 0 radical (unpaired) electrons. The minimum Gasteiger partial charge on any atom is -0.354 e. The summed E-state index contributed by atoms with van der Waals surface area (Å²) in [6.07, 6.45) is 26.4. The first-order valence-electron chi connectivity index (χ1n) is 24.9. The topological polar surface area (TPSA) is 281 Å². The Hall–Kier alpha value is -8.62. The molecule has 1 aliphatic rings. The number of carbonyl (C=O) groups is 4. The fourth-order valence-electron chi connectivity index (χ4n) is 7.26. The lowest BCUT2D eigenvalue weighted by atomic mass is 10.1. The number of pyridine rings is 3. The molecule has 0 bridgehead atoms. The fourth-order valence-corrected chi connectivity index (χ4v) is 8.39. The van der Waals surface area contributed by atoms with Crippen LogP contribution in [0.15, 0.2) is 151 Å². The number of benzene rings is 1. The van der Waals surface area contributed by atoms with Crippen LogP contribution in [0.4, 0.5) is 0 Å². The number of aromatic nitrogens is 14. The number of hydrogen-bond donors (Lipinski definition) is 3. The van der Waals surface area contributed by atoms with E-state index in [4.69, 9.17) is 0 Å². The number of nitrogens with zero attached hydrogens (tertiary/aromatic N) is 14. The van der Waals surface area contributed by atoms with E-state index in [9.17, 15) is 28.8 Å². The second-order valence-electron chi connectivity index (χ2n) is 16.9. The molecule has 3 N–H and O–H groups in total. The van der Waals surface area contributed by atoms with Crippen molar-refractivity contribution >= 4 is 70.1 Å². The predicted molar refractivity (Wildman–Crippen MR) is 313 cm³/mol. The number of aryl methyl sites for hydroxylation is 2. The third kappa shape index (κ3) is 18.5. The first-order chi connectivity index (χ1) is 38.9. The highest BCUT2D eigenvalue weighted by Gasteiger charge is 2.34. The van der Waals surface area contributed by atoms with E-state index in [0.717, 1.165) is 51.8 Å². The van der Waals surface area contributed by atoms with Gasteiger partial charge in [-0.1, -0.05) is 18.2 Å². The van der Waals surface area contributed by atoms with Gasteiger partial charge in [-0.05, 0) is 67.3 Å². The van der Waals surface area contributed by atoms with Crippen LogP contribution >= 0.6 is 35.3 Å². The number of hydrogen-bond acceptors (Lipinski definition) is 18. The van der Waals surface area contributed by atoms with E-state index in [-0.39, 0.29) is 34.9 Å². The standard InChI is InChI=1S/C12H14N4O.C12H13N3O2S.C11H13N5O.C11H11NO2S.C8H10N4S/c1-10(17)14-6-8-16-7-4-12(15-16)11-3-2-5-13-9-11;1-18-6-5-15-8-10(11(16)14-12(15)17)9-3-2-4-13-7-9;1-9(17)13-5-6-16-8-14-11(15-16)10-3-2-4-12-7-10;1-15-7-6-12-10(13)8-4-2-3-5-9(8)11(12)14;1-13-3-2-12-6-11-7-4-9-5-10-8(7)12/h2-5,7,9H,6,8H2,1H3,(H,14,17);2-4,7-8H,5-6H2,1H3,(H,14,16,17);2-4,7-8H,5-6H2,1H3,(H,13,17);2-5H,6-7H2,1H3;4-6H,2-3H2,1H3. The summed E-state index contributed by atoms with van der Waals surface area (Å²) >= 11 is 5.09. The highest BCUT2D eigenvalue weighted by atomic mass is 32.2. The first kappa shape index (κ1) is 60.6. The van der Waals surface area contributed by atoms with Gasteiger partial charge in [0.05, 0.1) is 48.0 Å². The Kier molecular flexibility index (Phi) is 24.5. The van der Waals surface area contributed by atoms with Crippen LogP contribution in [0.3, 0.4) is 0 Å². The van der Waals surface area contributed by atoms with Crippen molar-refractivity contribution in [2.24, 2.45) is 0 Å². The monoisotopic (exact) mass is 1140 g/mol. The molecule has 80 heavy (non-hydrogen) atoms. The van der Waals surface area contributed by atoms with E-state index in [1.165, 1.54) is 23.3 Å². The molecule has 10 rings (SSSR count). The van der Waals surface area contributed by atoms with Crippen LogP contribution in [0.25, 0.3) is 44.9 Å². The minimum absolute atomic E-state index is 0.0235. The van der Waals surface area contributed by atoms with Crippen LogP contribution < -0.4 is 21.9 Å². The van der Waals surface area contributed by atoms with E-state index in [1.54, 1.807) is 132 Å². The number of amides is 4. The number of H-pyrrole nitrogens is 1. The molecule has 0 fully saturated rings. The quantitative estimate of drug-likeness (QED) is 0.0913. The maximum atomic E-state index is 11.8. The summed E-state index contributed by atoms with van der Waals surface area (Å²) in [7, 11) is 0. The molecular formula is C54H61N17O6S3. The number of rotatable bonds is 18. The zero-order chi connectivity index (χ0) is 57.1. The van der Waals surface area contributed by atoms with Gasteiger partial charge in [-0.25, -0.2) is 24.7 Å². The van der Waals surface area contributed by atoms with Crippen molar-refractivity contribution in [3.05, 3.63) is 173 Å². The van der Waals surface area contributed by atoms with E-state index in [1.807, 2.05) is 71.7 Å². The zero-order valence-corrected chi connectivity index (χ0v) is 47.2. The van der Waals surface area contributed by atoms with Crippen molar-refractivity contribution in [3.63, 3.8) is 0 Å². The third-order valence-electron chi connectivity index (χ3n) is 11.2. The average molecular weight is 1140 g/mol. The molecule has 26 heteroatoms. The van der Waals surface area contributed by atoms with Crippen molar-refractivity contribution in [3.8, 4) is 33.8 Å². The van der Waals surface area contributed by atoms with E-state index in [2.05, 4.69) is 67.0 Å². The van der Waals surface area contributed by atoms with Gasteiger partial charge >= 0.3 is 5.69 Å². The summed E-state index contributed by atoms with van der Waals surface area (Å²) in [5.41, 5.74) is 6.02.